The van der Waals surface area contributed by atoms with Crippen molar-refractivity contribution in [2.45, 2.75) is 13.8 Å². The fourth-order valence-corrected chi connectivity index (χ4v) is 1.56. The van der Waals surface area contributed by atoms with Gasteiger partial charge in [0.05, 0.1) is 11.9 Å². The van der Waals surface area contributed by atoms with E-state index in [0.717, 1.165) is 11.3 Å². The molecule has 1 N–H and O–H groups in total. The first-order chi connectivity index (χ1) is 8.25. The lowest BCUT2D eigenvalue weighted by Crippen LogP contribution is -1.93. The smallest absolute Gasteiger partial charge is 0.0591 e. The number of nitrogens with one attached hydrogen (secondary N) is 1. The second kappa shape index (κ2) is 5.25. The lowest BCUT2D eigenvalue weighted by molar-refractivity contribution is 1.28. The first kappa shape index (κ1) is 11.3. The molecule has 1 aromatic heterocycles. The minimum Gasteiger partial charge on any atom is -0.278 e. The van der Waals surface area contributed by atoms with Crippen LogP contribution in [0.25, 0.3) is 0 Å². The van der Waals surface area contributed by atoms with Crippen molar-refractivity contribution in [1.82, 2.24) is 4.98 Å². The van der Waals surface area contributed by atoms with Crippen molar-refractivity contribution in [2.75, 3.05) is 5.43 Å². The molecule has 0 aliphatic carbocycles. The Morgan fingerprint density at radius 3 is 2.59 bits per heavy atom. The molecule has 0 aliphatic rings. The summed E-state index contributed by atoms with van der Waals surface area (Å²) >= 11 is 0. The van der Waals surface area contributed by atoms with Crippen molar-refractivity contribution in [3.63, 3.8) is 0 Å². The van der Waals surface area contributed by atoms with E-state index in [2.05, 4.69) is 41.5 Å². The highest BCUT2D eigenvalue weighted by Crippen LogP contribution is 2.15. The van der Waals surface area contributed by atoms with Crippen LogP contribution in [0.15, 0.2) is 47.8 Å². The Hall–Kier alpha value is -2.16. The number of hydrazone groups is 1. The molecule has 3 nitrogen and oxygen atoms in total. The Kier molecular flexibility index (Phi) is 3.50. The second-order valence-corrected chi connectivity index (χ2v) is 3.97. The van der Waals surface area contributed by atoms with Crippen LogP contribution in [0.4, 0.5) is 5.69 Å². The molecule has 0 spiro atoms. The highest BCUT2D eigenvalue weighted by atomic mass is 15.3. The molecule has 2 rings (SSSR count). The molecule has 0 radical (unpaired) electrons. The van der Waals surface area contributed by atoms with E-state index in [1.54, 1.807) is 18.6 Å². The van der Waals surface area contributed by atoms with Crippen LogP contribution in [0.1, 0.15) is 16.7 Å². The maximum absolute atomic E-state index is 4.20. The third-order valence-corrected chi connectivity index (χ3v) is 2.49. The van der Waals surface area contributed by atoms with E-state index in [0.29, 0.717) is 0 Å². The molecule has 0 unspecified atom stereocenters. The molecule has 17 heavy (non-hydrogen) atoms. The molecule has 0 atom stereocenters. The third-order valence-electron chi connectivity index (χ3n) is 2.49. The predicted molar refractivity (Wildman–Crippen MR) is 71.4 cm³/mol. The van der Waals surface area contributed by atoms with E-state index in [1.165, 1.54) is 11.1 Å². The Balaban J connectivity index is 2.05. The summed E-state index contributed by atoms with van der Waals surface area (Å²) in [5.41, 5.74) is 7.54. The largest absolute Gasteiger partial charge is 0.278 e. The van der Waals surface area contributed by atoms with Crippen LogP contribution in [0, 0.1) is 13.8 Å². The molecule has 3 heteroatoms. The second-order valence-electron chi connectivity index (χ2n) is 3.97. The van der Waals surface area contributed by atoms with Gasteiger partial charge in [0.1, 0.15) is 0 Å². The van der Waals surface area contributed by atoms with Gasteiger partial charge in [0.15, 0.2) is 0 Å². The van der Waals surface area contributed by atoms with E-state index in [9.17, 15) is 0 Å². The lowest BCUT2D eigenvalue weighted by atomic mass is 10.1. The quantitative estimate of drug-likeness (QED) is 0.643. The van der Waals surface area contributed by atoms with E-state index >= 15 is 0 Å². The summed E-state index contributed by atoms with van der Waals surface area (Å²) in [6.07, 6.45) is 5.28. The summed E-state index contributed by atoms with van der Waals surface area (Å²) in [4.78, 5) is 3.95. The summed E-state index contributed by atoms with van der Waals surface area (Å²) in [7, 11) is 0. The number of aromatic nitrogens is 1. The van der Waals surface area contributed by atoms with E-state index in [1.807, 2.05) is 18.2 Å². The topological polar surface area (TPSA) is 37.3 Å². The van der Waals surface area contributed by atoms with Crippen molar-refractivity contribution in [3.05, 3.63) is 59.4 Å². The monoisotopic (exact) mass is 225 g/mol. The number of anilines is 1. The Bertz CT molecular complexity index is 518. The van der Waals surface area contributed by atoms with Crippen LogP contribution in [0.3, 0.4) is 0 Å². The molecule has 0 amide bonds. The maximum atomic E-state index is 4.20. The Morgan fingerprint density at radius 1 is 1.12 bits per heavy atom. The number of benzene rings is 1. The predicted octanol–water partition coefficient (Wildman–Crippen LogP) is 3.14. The van der Waals surface area contributed by atoms with Gasteiger partial charge in [-0.05, 0) is 43.2 Å². The van der Waals surface area contributed by atoms with E-state index in [4.69, 9.17) is 0 Å². The van der Waals surface area contributed by atoms with Crippen molar-refractivity contribution in [3.8, 4) is 0 Å². The van der Waals surface area contributed by atoms with Gasteiger partial charge < -0.3 is 0 Å². The van der Waals surface area contributed by atoms with Crippen LogP contribution in [-0.2, 0) is 0 Å². The lowest BCUT2D eigenvalue weighted by Gasteiger charge is -2.05. The van der Waals surface area contributed by atoms with Crippen molar-refractivity contribution in [1.29, 1.82) is 0 Å². The first-order valence-corrected chi connectivity index (χ1v) is 5.52. The zero-order valence-corrected chi connectivity index (χ0v) is 10.0. The van der Waals surface area contributed by atoms with Gasteiger partial charge in [0.2, 0.25) is 0 Å². The number of hydrogen-bond donors (Lipinski definition) is 1. The van der Waals surface area contributed by atoms with Crippen LogP contribution in [-0.4, -0.2) is 11.2 Å². The van der Waals surface area contributed by atoms with Crippen LogP contribution >= 0.6 is 0 Å². The van der Waals surface area contributed by atoms with Gasteiger partial charge in [0.25, 0.3) is 0 Å². The van der Waals surface area contributed by atoms with Gasteiger partial charge in [-0.25, -0.2) is 0 Å². The molecule has 1 heterocycles. The minimum absolute atomic E-state index is 1.03. The number of aryl methyl sites for hydroxylation is 2. The van der Waals surface area contributed by atoms with Gasteiger partial charge in [-0.15, -0.1) is 0 Å². The molecule has 0 saturated heterocycles. The molecule has 0 aliphatic heterocycles. The molecule has 0 saturated carbocycles. The highest BCUT2D eigenvalue weighted by Gasteiger charge is 1.95. The number of nitrogens with zero attached hydrogens (tertiary/aromatic N) is 2. The number of hydrogen-bond acceptors (Lipinski definition) is 3. The summed E-state index contributed by atoms with van der Waals surface area (Å²) in [6, 6.07) is 10.1. The van der Waals surface area contributed by atoms with Gasteiger partial charge >= 0.3 is 0 Å². The molecule has 0 fully saturated rings. The van der Waals surface area contributed by atoms with E-state index in [-0.39, 0.29) is 0 Å². The van der Waals surface area contributed by atoms with Gasteiger partial charge in [-0.1, -0.05) is 17.7 Å². The van der Waals surface area contributed by atoms with Gasteiger partial charge in [-0.2, -0.15) is 5.10 Å². The van der Waals surface area contributed by atoms with Gasteiger partial charge in [0, 0.05) is 12.4 Å². The normalized spacial score (nSPS) is 10.7. The van der Waals surface area contributed by atoms with Crippen LogP contribution < -0.4 is 5.43 Å². The number of pyridine rings is 1. The molecule has 2 aromatic rings. The molecular formula is C14H15N3. The number of rotatable bonds is 3. The summed E-state index contributed by atoms with van der Waals surface area (Å²) in [6.45, 7) is 4.15. The summed E-state index contributed by atoms with van der Waals surface area (Å²) < 4.78 is 0. The molecular weight excluding hydrogens is 210 g/mol. The third kappa shape index (κ3) is 3.14. The van der Waals surface area contributed by atoms with Crippen molar-refractivity contribution < 1.29 is 0 Å². The van der Waals surface area contributed by atoms with Gasteiger partial charge in [-0.3, -0.25) is 10.4 Å². The molecule has 86 valence electrons. The minimum atomic E-state index is 1.03. The fraction of sp³-hybridized carbons (Fsp3) is 0.143. The highest BCUT2D eigenvalue weighted by molar-refractivity contribution is 5.79. The molecule has 1 aromatic carbocycles. The Morgan fingerprint density at radius 2 is 1.88 bits per heavy atom. The van der Waals surface area contributed by atoms with Crippen molar-refractivity contribution >= 4 is 11.9 Å². The fourth-order valence-electron chi connectivity index (χ4n) is 1.56. The zero-order chi connectivity index (χ0) is 12.1. The van der Waals surface area contributed by atoms with Crippen LogP contribution in [0.5, 0.6) is 0 Å². The average Bonchev–Trinajstić information content (AvgIpc) is 2.33. The zero-order valence-electron chi connectivity index (χ0n) is 10.0. The van der Waals surface area contributed by atoms with E-state index < -0.39 is 0 Å². The molecule has 0 bridgehead atoms. The Labute approximate surface area is 101 Å². The SMILES string of the molecule is Cc1ccc(N/N=C\c2ccncc2)c(C)c1. The summed E-state index contributed by atoms with van der Waals surface area (Å²) in [5.74, 6) is 0. The average molecular weight is 225 g/mol. The first-order valence-electron chi connectivity index (χ1n) is 5.52. The van der Waals surface area contributed by atoms with Crippen LogP contribution in [0.2, 0.25) is 0 Å². The van der Waals surface area contributed by atoms with Crippen molar-refractivity contribution in [2.24, 2.45) is 5.10 Å². The summed E-state index contributed by atoms with van der Waals surface area (Å²) in [5, 5.41) is 4.20. The standard InChI is InChI=1S/C14H15N3/c1-11-3-4-14(12(2)9-11)17-16-10-13-5-7-15-8-6-13/h3-10,17H,1-2H3/b16-10-. The maximum Gasteiger partial charge on any atom is 0.0591 e.